The Bertz CT molecular complexity index is 742. The molecule has 1 aromatic rings. The normalized spacial score (nSPS) is 13.4. The number of alkyl carbamates (subject to hydrolysis) is 1. The standard InChI is InChI=1S/C19H28N2O6S/c1-12(2)10-15(20-18(24)27-19(3,4)5)16(22)21-28(25)14-9-7-8-13(11-14)17(23)26-6/h7-9,11-12,15H,10H2,1-6H3,(H,20,24)(H,21,22). The molecule has 2 unspecified atom stereocenters. The minimum Gasteiger partial charge on any atom is -0.465 e. The Morgan fingerprint density at radius 2 is 1.82 bits per heavy atom. The molecule has 2 atom stereocenters. The van der Waals surface area contributed by atoms with Crippen LogP contribution >= 0.6 is 0 Å². The van der Waals surface area contributed by atoms with Crippen LogP contribution in [0.4, 0.5) is 4.79 Å². The molecule has 0 fully saturated rings. The highest BCUT2D eigenvalue weighted by molar-refractivity contribution is 7.83. The first-order chi connectivity index (χ1) is 12.9. The summed E-state index contributed by atoms with van der Waals surface area (Å²) in [5.41, 5.74) is -0.492. The number of nitrogens with one attached hydrogen (secondary N) is 2. The largest absolute Gasteiger partial charge is 0.465 e. The van der Waals surface area contributed by atoms with E-state index >= 15 is 0 Å². The number of benzene rings is 1. The molecular weight excluding hydrogens is 384 g/mol. The number of methoxy groups -OCH3 is 1. The van der Waals surface area contributed by atoms with E-state index in [1.807, 2.05) is 13.8 Å². The summed E-state index contributed by atoms with van der Waals surface area (Å²) in [4.78, 5) is 36.4. The number of carbonyl (C=O) groups is 3. The molecule has 1 aromatic carbocycles. The molecule has 0 aromatic heterocycles. The lowest BCUT2D eigenvalue weighted by atomic mass is 10.0. The Hall–Kier alpha value is -2.42. The molecule has 0 heterocycles. The van der Waals surface area contributed by atoms with Gasteiger partial charge in [-0.1, -0.05) is 19.9 Å². The van der Waals surface area contributed by atoms with Crippen LogP contribution in [0.5, 0.6) is 0 Å². The van der Waals surface area contributed by atoms with Gasteiger partial charge in [0.1, 0.15) is 11.6 Å². The zero-order valence-corrected chi connectivity index (χ0v) is 17.8. The second kappa shape index (κ2) is 10.2. The SMILES string of the molecule is COC(=O)c1cccc(S(=O)NC(=O)C(CC(C)C)NC(=O)OC(C)(C)C)c1. The van der Waals surface area contributed by atoms with Gasteiger partial charge in [-0.25, -0.2) is 13.8 Å². The van der Waals surface area contributed by atoms with E-state index in [0.717, 1.165) is 0 Å². The molecule has 28 heavy (non-hydrogen) atoms. The van der Waals surface area contributed by atoms with E-state index in [9.17, 15) is 18.6 Å². The van der Waals surface area contributed by atoms with Crippen molar-refractivity contribution in [3.63, 3.8) is 0 Å². The maximum atomic E-state index is 12.6. The third kappa shape index (κ3) is 8.08. The summed E-state index contributed by atoms with van der Waals surface area (Å²) in [5, 5.41) is 2.52. The van der Waals surface area contributed by atoms with Crippen molar-refractivity contribution in [2.24, 2.45) is 5.92 Å². The summed E-state index contributed by atoms with van der Waals surface area (Å²) in [6.07, 6.45) is -0.392. The molecule has 0 spiro atoms. The third-order valence-electron chi connectivity index (χ3n) is 3.38. The topological polar surface area (TPSA) is 111 Å². The molecule has 8 nitrogen and oxygen atoms in total. The highest BCUT2D eigenvalue weighted by atomic mass is 32.2. The van der Waals surface area contributed by atoms with E-state index in [0.29, 0.717) is 6.42 Å². The summed E-state index contributed by atoms with van der Waals surface area (Å²) < 4.78 is 24.7. The second-order valence-electron chi connectivity index (χ2n) is 7.58. The monoisotopic (exact) mass is 412 g/mol. The smallest absolute Gasteiger partial charge is 0.408 e. The fourth-order valence-corrected chi connectivity index (χ4v) is 3.11. The van der Waals surface area contributed by atoms with Gasteiger partial charge in [0.25, 0.3) is 5.91 Å². The average Bonchev–Trinajstić information content (AvgIpc) is 2.58. The summed E-state index contributed by atoms with van der Waals surface area (Å²) in [5.74, 6) is -1.09. The van der Waals surface area contributed by atoms with Gasteiger partial charge in [0.15, 0.2) is 11.0 Å². The fraction of sp³-hybridized carbons (Fsp3) is 0.526. The highest BCUT2D eigenvalue weighted by Crippen LogP contribution is 2.12. The predicted molar refractivity (Wildman–Crippen MR) is 105 cm³/mol. The van der Waals surface area contributed by atoms with Crippen molar-refractivity contribution < 1.29 is 28.1 Å². The molecule has 0 saturated carbocycles. The molecule has 0 bridgehead atoms. The summed E-state index contributed by atoms with van der Waals surface area (Å²) in [7, 11) is -0.668. The number of rotatable bonds is 7. The summed E-state index contributed by atoms with van der Waals surface area (Å²) in [6, 6.07) is 5.03. The van der Waals surface area contributed by atoms with Crippen molar-refractivity contribution >= 4 is 29.0 Å². The Kier molecular flexibility index (Phi) is 8.62. The molecule has 0 aliphatic heterocycles. The van der Waals surface area contributed by atoms with E-state index in [4.69, 9.17) is 4.74 Å². The lowest BCUT2D eigenvalue weighted by Crippen LogP contribution is -2.49. The van der Waals surface area contributed by atoms with Crippen molar-refractivity contribution in [2.45, 2.75) is 57.6 Å². The Labute approximate surface area is 167 Å². The van der Waals surface area contributed by atoms with Gasteiger partial charge in [0.05, 0.1) is 17.6 Å². The van der Waals surface area contributed by atoms with Crippen LogP contribution in [-0.2, 0) is 25.3 Å². The molecule has 9 heteroatoms. The van der Waals surface area contributed by atoms with Gasteiger partial charge in [-0.3, -0.25) is 9.52 Å². The van der Waals surface area contributed by atoms with Gasteiger partial charge in [-0.2, -0.15) is 0 Å². The quantitative estimate of drug-likeness (QED) is 0.666. The molecular formula is C19H28N2O6S. The highest BCUT2D eigenvalue weighted by Gasteiger charge is 2.26. The van der Waals surface area contributed by atoms with Gasteiger partial charge in [-0.05, 0) is 51.3 Å². The van der Waals surface area contributed by atoms with Crippen molar-refractivity contribution in [3.8, 4) is 0 Å². The lowest BCUT2D eigenvalue weighted by molar-refractivity contribution is -0.121. The molecule has 0 radical (unpaired) electrons. The van der Waals surface area contributed by atoms with E-state index in [2.05, 4.69) is 14.8 Å². The van der Waals surface area contributed by atoms with Gasteiger partial charge in [0, 0.05) is 0 Å². The zero-order chi connectivity index (χ0) is 21.5. The number of carbonyl (C=O) groups excluding carboxylic acids is 3. The summed E-state index contributed by atoms with van der Waals surface area (Å²) in [6.45, 7) is 8.94. The van der Waals surface area contributed by atoms with Gasteiger partial charge in [0.2, 0.25) is 0 Å². The Morgan fingerprint density at radius 3 is 2.36 bits per heavy atom. The third-order valence-corrected chi connectivity index (χ3v) is 4.45. The Balaban J connectivity index is 2.88. The second-order valence-corrected chi connectivity index (χ2v) is 8.80. The van der Waals surface area contributed by atoms with Crippen LogP contribution in [0.3, 0.4) is 0 Å². The van der Waals surface area contributed by atoms with Gasteiger partial charge >= 0.3 is 12.1 Å². The molecule has 0 saturated heterocycles. The van der Waals surface area contributed by atoms with Crippen molar-refractivity contribution in [3.05, 3.63) is 29.8 Å². The molecule has 0 aliphatic carbocycles. The number of hydrogen-bond donors (Lipinski definition) is 2. The van der Waals surface area contributed by atoms with Crippen LogP contribution in [-0.4, -0.2) is 40.9 Å². The maximum absolute atomic E-state index is 12.6. The molecule has 2 amide bonds. The van der Waals surface area contributed by atoms with Crippen molar-refractivity contribution in [2.75, 3.05) is 7.11 Å². The van der Waals surface area contributed by atoms with Crippen LogP contribution < -0.4 is 10.0 Å². The van der Waals surface area contributed by atoms with E-state index in [-0.39, 0.29) is 16.4 Å². The summed E-state index contributed by atoms with van der Waals surface area (Å²) >= 11 is 0. The van der Waals surface area contributed by atoms with E-state index in [1.165, 1.54) is 31.4 Å². The van der Waals surface area contributed by atoms with Crippen LogP contribution in [0.25, 0.3) is 0 Å². The lowest BCUT2D eigenvalue weighted by Gasteiger charge is -2.24. The van der Waals surface area contributed by atoms with E-state index in [1.54, 1.807) is 20.8 Å². The molecule has 0 aliphatic rings. The minimum atomic E-state index is -1.91. The van der Waals surface area contributed by atoms with Crippen LogP contribution in [0.2, 0.25) is 0 Å². The first kappa shape index (κ1) is 23.6. The maximum Gasteiger partial charge on any atom is 0.408 e. The minimum absolute atomic E-state index is 0.0989. The van der Waals surface area contributed by atoms with Gasteiger partial charge in [-0.15, -0.1) is 0 Å². The van der Waals surface area contributed by atoms with Crippen molar-refractivity contribution in [1.82, 2.24) is 10.0 Å². The first-order valence-corrected chi connectivity index (χ1v) is 9.98. The number of esters is 1. The zero-order valence-electron chi connectivity index (χ0n) is 17.0. The molecule has 1 rings (SSSR count). The van der Waals surface area contributed by atoms with Crippen LogP contribution in [0.15, 0.2) is 29.2 Å². The molecule has 156 valence electrons. The van der Waals surface area contributed by atoms with Gasteiger partial charge < -0.3 is 14.8 Å². The van der Waals surface area contributed by atoms with Crippen LogP contribution in [0.1, 0.15) is 51.4 Å². The predicted octanol–water partition coefficient (Wildman–Crippen LogP) is 2.55. The Morgan fingerprint density at radius 1 is 1.18 bits per heavy atom. The first-order valence-electron chi connectivity index (χ1n) is 8.83. The average molecular weight is 413 g/mol. The van der Waals surface area contributed by atoms with Crippen molar-refractivity contribution in [1.29, 1.82) is 0 Å². The number of ether oxygens (including phenoxy) is 2. The molecule has 2 N–H and O–H groups in total. The van der Waals surface area contributed by atoms with E-state index < -0.39 is 40.6 Å². The number of hydrogen-bond acceptors (Lipinski definition) is 6. The fourth-order valence-electron chi connectivity index (χ4n) is 2.23. The van der Waals surface area contributed by atoms with Crippen LogP contribution in [0, 0.1) is 5.92 Å². The number of amides is 2.